The second-order valence-electron chi connectivity index (χ2n) is 7.33. The number of carbonyl (C=O) groups excluding carboxylic acids is 3. The number of barbiturate groups is 1. The van der Waals surface area contributed by atoms with E-state index in [4.69, 9.17) is 4.42 Å². The number of furan rings is 1. The molecule has 0 radical (unpaired) electrons. The van der Waals surface area contributed by atoms with Crippen LogP contribution in [-0.4, -0.2) is 23.1 Å². The van der Waals surface area contributed by atoms with Gasteiger partial charge in [0.1, 0.15) is 11.3 Å². The van der Waals surface area contributed by atoms with Crippen molar-refractivity contribution in [2.24, 2.45) is 0 Å². The van der Waals surface area contributed by atoms with Gasteiger partial charge in [0.05, 0.1) is 5.69 Å². The maximum absolute atomic E-state index is 12.9. The normalized spacial score (nSPS) is 19.7. The summed E-state index contributed by atoms with van der Waals surface area (Å²) in [7, 11) is 0. The number of benzene rings is 1. The SMILES string of the molecule is Cc1ccc(N2C(=O)NC(=O)C(=Cc3ccc(SC4CCCCC4)o3)C2=O)cc1. The van der Waals surface area contributed by atoms with E-state index in [0.29, 0.717) is 16.7 Å². The number of aryl methyl sites for hydroxylation is 1. The van der Waals surface area contributed by atoms with Crippen LogP contribution in [0.25, 0.3) is 6.08 Å². The smallest absolute Gasteiger partial charge is 0.335 e. The van der Waals surface area contributed by atoms with Crippen molar-refractivity contribution in [2.75, 3.05) is 4.90 Å². The Bertz CT molecular complexity index is 971. The van der Waals surface area contributed by atoms with Crippen LogP contribution in [0, 0.1) is 6.92 Å². The van der Waals surface area contributed by atoms with Crippen LogP contribution in [0.1, 0.15) is 43.4 Å². The first kappa shape index (κ1) is 19.5. The summed E-state index contributed by atoms with van der Waals surface area (Å²) in [5.41, 5.74) is 1.28. The molecule has 1 saturated heterocycles. The maximum Gasteiger partial charge on any atom is 0.335 e. The van der Waals surface area contributed by atoms with Crippen LogP contribution in [0.5, 0.6) is 0 Å². The molecule has 2 aliphatic rings. The van der Waals surface area contributed by atoms with E-state index in [9.17, 15) is 14.4 Å². The first-order valence-corrected chi connectivity index (χ1v) is 10.6. The first-order chi connectivity index (χ1) is 14.0. The van der Waals surface area contributed by atoms with E-state index in [-0.39, 0.29) is 5.57 Å². The summed E-state index contributed by atoms with van der Waals surface area (Å²) >= 11 is 1.70. The number of nitrogens with one attached hydrogen (secondary N) is 1. The van der Waals surface area contributed by atoms with Crippen molar-refractivity contribution >= 4 is 41.4 Å². The van der Waals surface area contributed by atoms with Crippen LogP contribution < -0.4 is 10.2 Å². The summed E-state index contributed by atoms with van der Waals surface area (Å²) < 4.78 is 5.82. The van der Waals surface area contributed by atoms with Gasteiger partial charge in [0.25, 0.3) is 11.8 Å². The molecule has 29 heavy (non-hydrogen) atoms. The molecule has 4 amide bonds. The minimum atomic E-state index is -0.756. The Morgan fingerprint density at radius 2 is 1.76 bits per heavy atom. The van der Waals surface area contributed by atoms with Crippen LogP contribution in [0.4, 0.5) is 10.5 Å². The number of nitrogens with zero attached hydrogens (tertiary/aromatic N) is 1. The fourth-order valence-electron chi connectivity index (χ4n) is 3.55. The largest absolute Gasteiger partial charge is 0.450 e. The zero-order valence-electron chi connectivity index (χ0n) is 16.1. The average molecular weight is 410 g/mol. The Morgan fingerprint density at radius 3 is 2.48 bits per heavy atom. The lowest BCUT2D eigenvalue weighted by Gasteiger charge is -2.26. The lowest BCUT2D eigenvalue weighted by atomic mass is 10.0. The number of anilines is 1. The molecule has 1 aliphatic carbocycles. The second-order valence-corrected chi connectivity index (χ2v) is 8.63. The lowest BCUT2D eigenvalue weighted by molar-refractivity contribution is -0.122. The minimum Gasteiger partial charge on any atom is -0.450 e. The van der Waals surface area contributed by atoms with Crippen molar-refractivity contribution in [1.29, 1.82) is 0 Å². The highest BCUT2D eigenvalue weighted by molar-refractivity contribution is 7.99. The molecular formula is C22H22N2O4S. The highest BCUT2D eigenvalue weighted by Crippen LogP contribution is 2.35. The summed E-state index contributed by atoms with van der Waals surface area (Å²) in [6.07, 6.45) is 7.53. The van der Waals surface area contributed by atoms with Gasteiger partial charge in [0.15, 0.2) is 5.09 Å². The number of hydrogen-bond donors (Lipinski definition) is 1. The third kappa shape index (κ3) is 4.29. The van der Waals surface area contributed by atoms with Crippen LogP contribution in [0.15, 0.2) is 51.5 Å². The molecule has 4 rings (SSSR count). The van der Waals surface area contributed by atoms with Crippen molar-refractivity contribution < 1.29 is 18.8 Å². The summed E-state index contributed by atoms with van der Waals surface area (Å²) in [5.74, 6) is -0.971. The second kappa shape index (κ2) is 8.29. The van der Waals surface area contributed by atoms with Gasteiger partial charge in [-0.25, -0.2) is 9.69 Å². The van der Waals surface area contributed by atoms with Gasteiger partial charge in [-0.1, -0.05) is 48.7 Å². The highest BCUT2D eigenvalue weighted by Gasteiger charge is 2.37. The van der Waals surface area contributed by atoms with E-state index >= 15 is 0 Å². The van der Waals surface area contributed by atoms with E-state index in [2.05, 4.69) is 5.32 Å². The molecule has 7 heteroatoms. The number of rotatable bonds is 4. The molecule has 2 aromatic rings. The third-order valence-electron chi connectivity index (χ3n) is 5.12. The van der Waals surface area contributed by atoms with Gasteiger partial charge in [0, 0.05) is 5.25 Å². The number of amides is 4. The summed E-state index contributed by atoms with van der Waals surface area (Å²) in [6, 6.07) is 9.80. The molecule has 0 unspecified atom stereocenters. The van der Waals surface area contributed by atoms with E-state index in [0.717, 1.165) is 15.6 Å². The Hall–Kier alpha value is -2.80. The van der Waals surface area contributed by atoms with Crippen molar-refractivity contribution in [3.63, 3.8) is 0 Å². The summed E-state index contributed by atoms with van der Waals surface area (Å²) in [6.45, 7) is 1.91. The lowest BCUT2D eigenvalue weighted by Crippen LogP contribution is -2.54. The molecule has 0 bridgehead atoms. The zero-order chi connectivity index (χ0) is 20.4. The van der Waals surface area contributed by atoms with Gasteiger partial charge in [-0.3, -0.25) is 14.9 Å². The van der Waals surface area contributed by atoms with Crippen LogP contribution in [-0.2, 0) is 9.59 Å². The van der Waals surface area contributed by atoms with Gasteiger partial charge >= 0.3 is 6.03 Å². The predicted octanol–water partition coefficient (Wildman–Crippen LogP) is 4.68. The average Bonchev–Trinajstić information content (AvgIpc) is 3.14. The van der Waals surface area contributed by atoms with Crippen LogP contribution in [0.2, 0.25) is 0 Å². The van der Waals surface area contributed by atoms with E-state index in [1.165, 1.54) is 38.2 Å². The van der Waals surface area contributed by atoms with Crippen molar-refractivity contribution in [2.45, 2.75) is 49.4 Å². The van der Waals surface area contributed by atoms with Crippen LogP contribution >= 0.6 is 11.8 Å². The molecule has 1 saturated carbocycles. The fourth-order valence-corrected chi connectivity index (χ4v) is 4.74. The summed E-state index contributed by atoms with van der Waals surface area (Å²) in [4.78, 5) is 38.4. The molecule has 2 heterocycles. The third-order valence-corrected chi connectivity index (χ3v) is 6.37. The van der Waals surface area contributed by atoms with Crippen molar-refractivity contribution in [3.05, 3.63) is 53.3 Å². The Balaban J connectivity index is 1.55. The first-order valence-electron chi connectivity index (χ1n) is 9.76. The molecule has 1 aliphatic heterocycles. The van der Waals surface area contributed by atoms with Crippen molar-refractivity contribution in [3.8, 4) is 0 Å². The van der Waals surface area contributed by atoms with Crippen LogP contribution in [0.3, 0.4) is 0 Å². The topological polar surface area (TPSA) is 79.6 Å². The minimum absolute atomic E-state index is 0.131. The molecule has 2 fully saturated rings. The van der Waals surface area contributed by atoms with Gasteiger partial charge < -0.3 is 4.42 Å². The zero-order valence-corrected chi connectivity index (χ0v) is 17.0. The number of imide groups is 2. The highest BCUT2D eigenvalue weighted by atomic mass is 32.2. The number of thioether (sulfide) groups is 1. The quantitative estimate of drug-likeness (QED) is 0.585. The van der Waals surface area contributed by atoms with E-state index in [1.807, 2.05) is 13.0 Å². The number of urea groups is 1. The fraction of sp³-hybridized carbons (Fsp3) is 0.318. The molecular weight excluding hydrogens is 388 g/mol. The Morgan fingerprint density at radius 1 is 1.03 bits per heavy atom. The number of carbonyl (C=O) groups is 3. The van der Waals surface area contributed by atoms with Gasteiger partial charge in [-0.05, 0) is 50.1 Å². The van der Waals surface area contributed by atoms with E-state index in [1.54, 1.807) is 42.1 Å². The van der Waals surface area contributed by atoms with Gasteiger partial charge in [0.2, 0.25) is 0 Å². The Labute approximate surface area is 173 Å². The van der Waals surface area contributed by atoms with Gasteiger partial charge in [-0.15, -0.1) is 0 Å². The molecule has 0 atom stereocenters. The predicted molar refractivity (Wildman–Crippen MR) is 112 cm³/mol. The van der Waals surface area contributed by atoms with Gasteiger partial charge in [-0.2, -0.15) is 0 Å². The maximum atomic E-state index is 12.9. The molecule has 0 spiro atoms. The molecule has 6 nitrogen and oxygen atoms in total. The molecule has 150 valence electrons. The van der Waals surface area contributed by atoms with Crippen molar-refractivity contribution in [1.82, 2.24) is 5.32 Å². The van der Waals surface area contributed by atoms with E-state index < -0.39 is 17.8 Å². The molecule has 1 N–H and O–H groups in total. The summed E-state index contributed by atoms with van der Waals surface area (Å²) in [5, 5.41) is 3.55. The monoisotopic (exact) mass is 410 g/mol. The standard InChI is InChI=1S/C22H22N2O4S/c1-14-7-9-15(10-8-14)24-21(26)18(20(25)23-22(24)27)13-16-11-12-19(28-16)29-17-5-3-2-4-6-17/h7-13,17H,2-6H2,1H3,(H,23,25,27). The Kier molecular flexibility index (Phi) is 5.58. The molecule has 1 aromatic heterocycles. The number of hydrogen-bond acceptors (Lipinski definition) is 5. The molecule has 1 aromatic carbocycles.